The highest BCUT2D eigenvalue weighted by molar-refractivity contribution is 5.63. The Kier molecular flexibility index (Phi) is 8.21. The number of aromatic nitrogens is 2. The van der Waals surface area contributed by atoms with Gasteiger partial charge < -0.3 is 19.5 Å². The van der Waals surface area contributed by atoms with E-state index in [-0.39, 0.29) is 0 Å². The molecule has 0 atom stereocenters. The Balaban J connectivity index is 1.35. The van der Waals surface area contributed by atoms with Crippen LogP contribution in [0.4, 0.5) is 11.6 Å². The molecule has 3 heterocycles. The van der Waals surface area contributed by atoms with Gasteiger partial charge in [0.15, 0.2) is 0 Å². The van der Waals surface area contributed by atoms with Crippen LogP contribution in [0.3, 0.4) is 0 Å². The average Bonchev–Trinajstić information content (AvgIpc) is 3.40. The van der Waals surface area contributed by atoms with Gasteiger partial charge in [-0.15, -0.1) is 0 Å². The van der Waals surface area contributed by atoms with Crippen LogP contribution >= 0.6 is 0 Å². The number of ether oxygens (including phenoxy) is 3. The summed E-state index contributed by atoms with van der Waals surface area (Å²) in [7, 11) is 0. The molecule has 1 N–H and O–H groups in total. The van der Waals surface area contributed by atoms with Crippen molar-refractivity contribution in [2.45, 2.75) is 38.9 Å². The molecule has 0 unspecified atom stereocenters. The zero-order valence-electron chi connectivity index (χ0n) is 20.2. The molecule has 6 bridgehead atoms. The van der Waals surface area contributed by atoms with Gasteiger partial charge in [-0.1, -0.05) is 18.2 Å². The molecule has 184 valence electrons. The summed E-state index contributed by atoms with van der Waals surface area (Å²) >= 11 is 0. The topological polar surface area (TPSA) is 68.7 Å². The van der Waals surface area contributed by atoms with E-state index in [1.54, 1.807) is 6.20 Å². The summed E-state index contributed by atoms with van der Waals surface area (Å²) in [5.74, 6) is 1.43. The van der Waals surface area contributed by atoms with E-state index in [4.69, 9.17) is 19.2 Å². The second-order valence-corrected chi connectivity index (χ2v) is 9.12. The van der Waals surface area contributed by atoms with E-state index in [9.17, 15) is 0 Å². The Labute approximate surface area is 207 Å². The SMILES string of the molecule is c1cc2cc(c1)-c1ccnc(n1)Nc1ccc(OCCN3CCCC3)c(c1)COCCCCOC2. The van der Waals surface area contributed by atoms with Gasteiger partial charge in [0, 0.05) is 42.8 Å². The van der Waals surface area contributed by atoms with Gasteiger partial charge in [-0.2, -0.15) is 0 Å². The van der Waals surface area contributed by atoms with Gasteiger partial charge in [0.25, 0.3) is 0 Å². The molecule has 0 aliphatic carbocycles. The molecule has 0 radical (unpaired) electrons. The number of anilines is 2. The van der Waals surface area contributed by atoms with Crippen LogP contribution in [0.1, 0.15) is 36.8 Å². The van der Waals surface area contributed by atoms with Gasteiger partial charge in [-0.25, -0.2) is 9.97 Å². The van der Waals surface area contributed by atoms with Crippen LogP contribution in [0.25, 0.3) is 11.3 Å². The van der Waals surface area contributed by atoms with Gasteiger partial charge >= 0.3 is 0 Å². The lowest BCUT2D eigenvalue weighted by Gasteiger charge is -2.17. The third kappa shape index (κ3) is 6.78. The van der Waals surface area contributed by atoms with Crippen molar-refractivity contribution >= 4 is 11.6 Å². The molecule has 3 aromatic rings. The smallest absolute Gasteiger partial charge is 0.227 e. The molecule has 0 amide bonds. The van der Waals surface area contributed by atoms with Crippen LogP contribution < -0.4 is 10.1 Å². The molecule has 0 spiro atoms. The van der Waals surface area contributed by atoms with Crippen LogP contribution in [0.15, 0.2) is 54.7 Å². The van der Waals surface area contributed by atoms with Crippen molar-refractivity contribution in [3.05, 3.63) is 65.9 Å². The quantitative estimate of drug-likeness (QED) is 0.558. The Morgan fingerprint density at radius 2 is 1.77 bits per heavy atom. The fourth-order valence-electron chi connectivity index (χ4n) is 4.51. The van der Waals surface area contributed by atoms with Crippen LogP contribution in [0.5, 0.6) is 5.75 Å². The van der Waals surface area contributed by atoms with E-state index >= 15 is 0 Å². The number of nitrogens with zero attached hydrogens (tertiary/aromatic N) is 3. The first-order valence-electron chi connectivity index (χ1n) is 12.7. The summed E-state index contributed by atoms with van der Waals surface area (Å²) in [4.78, 5) is 11.6. The maximum Gasteiger partial charge on any atom is 0.227 e. The highest BCUT2D eigenvalue weighted by Gasteiger charge is 2.13. The minimum Gasteiger partial charge on any atom is -0.492 e. The van der Waals surface area contributed by atoms with Crippen molar-refractivity contribution in [2.75, 3.05) is 44.8 Å². The van der Waals surface area contributed by atoms with Gasteiger partial charge in [0.1, 0.15) is 12.4 Å². The Hall–Kier alpha value is -3.00. The molecule has 5 rings (SSSR count). The van der Waals surface area contributed by atoms with Crippen LogP contribution in [0, 0.1) is 0 Å². The molecular weight excluding hydrogens is 440 g/mol. The number of likely N-dealkylation sites (tertiary alicyclic amines) is 1. The fraction of sp³-hybridized carbons (Fsp3) is 0.429. The number of fused-ring (bicyclic) bond motifs is 7. The van der Waals surface area contributed by atoms with E-state index in [2.05, 4.69) is 39.5 Å². The minimum absolute atomic E-state index is 0.501. The summed E-state index contributed by atoms with van der Waals surface area (Å²) in [6.07, 6.45) is 6.29. The van der Waals surface area contributed by atoms with Crippen LogP contribution in [-0.4, -0.2) is 54.3 Å². The van der Waals surface area contributed by atoms with Gasteiger partial charge in [-0.05, 0) is 74.7 Å². The monoisotopic (exact) mass is 474 g/mol. The number of benzene rings is 2. The van der Waals surface area contributed by atoms with E-state index in [1.807, 2.05) is 24.3 Å². The predicted octanol–water partition coefficient (Wildman–Crippen LogP) is 5.19. The van der Waals surface area contributed by atoms with Crippen molar-refractivity contribution in [1.82, 2.24) is 14.9 Å². The van der Waals surface area contributed by atoms with Crippen LogP contribution in [0.2, 0.25) is 0 Å². The molecule has 35 heavy (non-hydrogen) atoms. The van der Waals surface area contributed by atoms with Crippen molar-refractivity contribution in [1.29, 1.82) is 0 Å². The molecule has 2 aliphatic rings. The first-order valence-corrected chi connectivity index (χ1v) is 12.7. The van der Waals surface area contributed by atoms with Gasteiger partial charge in [0.2, 0.25) is 5.95 Å². The summed E-state index contributed by atoms with van der Waals surface area (Å²) in [5, 5.41) is 3.36. The third-order valence-corrected chi connectivity index (χ3v) is 6.41. The zero-order valence-corrected chi connectivity index (χ0v) is 20.2. The molecule has 1 aromatic heterocycles. The van der Waals surface area contributed by atoms with E-state index in [0.717, 1.165) is 59.8 Å². The number of hydrogen-bond donors (Lipinski definition) is 1. The standard InChI is InChI=1S/C28H34N4O3/c1-2-13-32(12-1)14-17-35-27-9-8-25-19-24(27)21-34-16-4-3-15-33-20-22-6-5-7-23(18-22)26-10-11-29-28(30-25)31-26/h5-11,18-19H,1-4,12-17,20-21H2,(H,29,30,31). The van der Waals surface area contributed by atoms with Gasteiger partial charge in [-0.3, -0.25) is 4.90 Å². The largest absolute Gasteiger partial charge is 0.492 e. The summed E-state index contributed by atoms with van der Waals surface area (Å²) < 4.78 is 18.1. The average molecular weight is 475 g/mol. The van der Waals surface area contributed by atoms with Crippen molar-refractivity contribution in [3.63, 3.8) is 0 Å². The minimum atomic E-state index is 0.501. The predicted molar refractivity (Wildman–Crippen MR) is 137 cm³/mol. The second-order valence-electron chi connectivity index (χ2n) is 9.12. The molecule has 7 heteroatoms. The zero-order chi connectivity index (χ0) is 23.7. The molecule has 2 aromatic carbocycles. The Morgan fingerprint density at radius 3 is 2.66 bits per heavy atom. The van der Waals surface area contributed by atoms with E-state index in [0.29, 0.717) is 32.4 Å². The van der Waals surface area contributed by atoms with Crippen molar-refractivity contribution in [2.24, 2.45) is 0 Å². The summed E-state index contributed by atoms with van der Waals surface area (Å²) in [6.45, 7) is 6.49. The lowest BCUT2D eigenvalue weighted by molar-refractivity contribution is 0.0887. The van der Waals surface area contributed by atoms with Crippen molar-refractivity contribution in [3.8, 4) is 17.0 Å². The fourth-order valence-corrected chi connectivity index (χ4v) is 4.51. The lowest BCUT2D eigenvalue weighted by atomic mass is 10.1. The Bertz CT molecular complexity index is 1100. The van der Waals surface area contributed by atoms with Crippen molar-refractivity contribution < 1.29 is 14.2 Å². The number of hydrogen-bond acceptors (Lipinski definition) is 7. The highest BCUT2D eigenvalue weighted by Crippen LogP contribution is 2.27. The van der Waals surface area contributed by atoms with Crippen LogP contribution in [-0.2, 0) is 22.7 Å². The molecule has 1 saturated heterocycles. The summed E-state index contributed by atoms with van der Waals surface area (Å²) in [5.41, 5.74) is 5.00. The maximum atomic E-state index is 6.18. The maximum absolute atomic E-state index is 6.18. The molecule has 1 fully saturated rings. The lowest BCUT2D eigenvalue weighted by Crippen LogP contribution is -2.25. The number of nitrogens with one attached hydrogen (secondary N) is 1. The van der Waals surface area contributed by atoms with E-state index in [1.165, 1.54) is 25.9 Å². The second kappa shape index (κ2) is 12.1. The first kappa shape index (κ1) is 23.7. The molecule has 0 saturated carbocycles. The Morgan fingerprint density at radius 1 is 0.914 bits per heavy atom. The van der Waals surface area contributed by atoms with Gasteiger partial charge in [0.05, 0.1) is 18.9 Å². The molecule has 7 nitrogen and oxygen atoms in total. The number of rotatable bonds is 4. The molecule has 2 aliphatic heterocycles. The first-order chi connectivity index (χ1) is 17.3. The molecular formula is C28H34N4O3. The normalized spacial score (nSPS) is 17.3. The van der Waals surface area contributed by atoms with E-state index < -0.39 is 0 Å². The highest BCUT2D eigenvalue weighted by atomic mass is 16.5. The summed E-state index contributed by atoms with van der Waals surface area (Å²) in [6, 6.07) is 16.4. The third-order valence-electron chi connectivity index (χ3n) is 6.41.